The highest BCUT2D eigenvalue weighted by atomic mass is 79.9. The molecule has 0 aliphatic heterocycles. The minimum absolute atomic E-state index is 0.0501. The van der Waals surface area contributed by atoms with E-state index in [1.807, 2.05) is 25.1 Å². The molecule has 4 heteroatoms. The van der Waals surface area contributed by atoms with E-state index < -0.39 is 0 Å². The van der Waals surface area contributed by atoms with Crippen molar-refractivity contribution in [3.8, 4) is 5.75 Å². The molecule has 2 rings (SSSR count). The van der Waals surface area contributed by atoms with Crippen LogP contribution in [0.4, 0.5) is 0 Å². The summed E-state index contributed by atoms with van der Waals surface area (Å²) in [5, 5.41) is 0. The normalized spacial score (nSPS) is 16.9. The second-order valence-corrected chi connectivity index (χ2v) is 5.46. The first-order valence-corrected chi connectivity index (χ1v) is 6.71. The zero-order valence-electron chi connectivity index (χ0n) is 9.99. The third-order valence-electron chi connectivity index (χ3n) is 2.81. The van der Waals surface area contributed by atoms with Crippen molar-refractivity contribution in [3.05, 3.63) is 28.2 Å². The van der Waals surface area contributed by atoms with Gasteiger partial charge in [-0.05, 0) is 43.9 Å². The van der Waals surface area contributed by atoms with E-state index in [2.05, 4.69) is 15.9 Å². The van der Waals surface area contributed by atoms with Gasteiger partial charge in [-0.3, -0.25) is 0 Å². The van der Waals surface area contributed by atoms with Gasteiger partial charge < -0.3 is 15.2 Å². The van der Waals surface area contributed by atoms with Crippen LogP contribution >= 0.6 is 15.9 Å². The maximum absolute atomic E-state index is 5.90. The predicted molar refractivity (Wildman–Crippen MR) is 70.9 cm³/mol. The minimum Gasteiger partial charge on any atom is -0.467 e. The Morgan fingerprint density at radius 1 is 1.47 bits per heavy atom. The van der Waals surface area contributed by atoms with Crippen molar-refractivity contribution in [2.45, 2.75) is 25.8 Å². The molecule has 17 heavy (non-hydrogen) atoms. The fourth-order valence-corrected chi connectivity index (χ4v) is 1.99. The quantitative estimate of drug-likeness (QED) is 0.648. The van der Waals surface area contributed by atoms with Crippen LogP contribution in [0.3, 0.4) is 0 Å². The molecule has 2 N–H and O–H groups in total. The summed E-state index contributed by atoms with van der Waals surface area (Å²) in [6, 6.07) is 5.80. The fourth-order valence-electron chi connectivity index (χ4n) is 1.61. The van der Waals surface area contributed by atoms with E-state index in [0.717, 1.165) is 28.3 Å². The number of rotatable bonds is 6. The number of hydrogen-bond donors (Lipinski definition) is 1. The van der Waals surface area contributed by atoms with Crippen LogP contribution in [-0.4, -0.2) is 13.4 Å². The Morgan fingerprint density at radius 3 is 2.88 bits per heavy atom. The van der Waals surface area contributed by atoms with Crippen LogP contribution in [0.25, 0.3) is 0 Å². The molecule has 0 bridgehead atoms. The first-order valence-electron chi connectivity index (χ1n) is 5.92. The third-order valence-corrected chi connectivity index (χ3v) is 3.30. The highest BCUT2D eigenvalue weighted by Gasteiger charge is 2.21. The van der Waals surface area contributed by atoms with Gasteiger partial charge in [0.15, 0.2) is 6.79 Å². The van der Waals surface area contributed by atoms with Gasteiger partial charge in [0.1, 0.15) is 5.75 Å². The second kappa shape index (κ2) is 5.85. The maximum Gasteiger partial charge on any atom is 0.189 e. The average Bonchev–Trinajstić information content (AvgIpc) is 3.09. The average molecular weight is 300 g/mol. The summed E-state index contributed by atoms with van der Waals surface area (Å²) in [7, 11) is 0. The topological polar surface area (TPSA) is 44.5 Å². The lowest BCUT2D eigenvalue weighted by molar-refractivity contribution is 0.00933. The van der Waals surface area contributed by atoms with Crippen LogP contribution in [0.2, 0.25) is 0 Å². The molecule has 94 valence electrons. The number of benzene rings is 1. The summed E-state index contributed by atoms with van der Waals surface area (Å²) in [5.74, 6) is 1.57. The molecule has 0 amide bonds. The first-order chi connectivity index (χ1) is 8.16. The van der Waals surface area contributed by atoms with E-state index >= 15 is 0 Å². The largest absolute Gasteiger partial charge is 0.467 e. The van der Waals surface area contributed by atoms with Gasteiger partial charge in [0.2, 0.25) is 0 Å². The summed E-state index contributed by atoms with van der Waals surface area (Å²) in [6.07, 6.45) is 2.59. The lowest BCUT2D eigenvalue weighted by atomic mass is 10.1. The van der Waals surface area contributed by atoms with E-state index in [4.69, 9.17) is 15.2 Å². The molecule has 1 aromatic rings. The van der Waals surface area contributed by atoms with Crippen LogP contribution in [0.15, 0.2) is 22.7 Å². The van der Waals surface area contributed by atoms with Gasteiger partial charge in [-0.2, -0.15) is 0 Å². The predicted octanol–water partition coefficient (Wildman–Crippen LogP) is 3.23. The van der Waals surface area contributed by atoms with E-state index in [1.165, 1.54) is 12.8 Å². The number of ether oxygens (including phenoxy) is 2. The van der Waals surface area contributed by atoms with Gasteiger partial charge in [-0.15, -0.1) is 0 Å². The third kappa shape index (κ3) is 3.98. The highest BCUT2D eigenvalue weighted by Crippen LogP contribution is 2.29. The van der Waals surface area contributed by atoms with E-state index in [1.54, 1.807) is 0 Å². The lowest BCUT2D eigenvalue weighted by Crippen LogP contribution is -2.10. The van der Waals surface area contributed by atoms with Crippen LogP contribution in [-0.2, 0) is 4.74 Å². The van der Waals surface area contributed by atoms with Gasteiger partial charge in [-0.1, -0.05) is 15.9 Å². The minimum atomic E-state index is -0.0501. The van der Waals surface area contributed by atoms with Crippen molar-refractivity contribution in [2.24, 2.45) is 11.7 Å². The Balaban J connectivity index is 1.89. The summed E-state index contributed by atoms with van der Waals surface area (Å²) in [4.78, 5) is 0. The maximum atomic E-state index is 5.90. The van der Waals surface area contributed by atoms with Crippen molar-refractivity contribution in [2.75, 3.05) is 13.4 Å². The highest BCUT2D eigenvalue weighted by molar-refractivity contribution is 9.10. The molecule has 0 radical (unpaired) electrons. The van der Waals surface area contributed by atoms with Gasteiger partial charge in [0, 0.05) is 16.1 Å². The first kappa shape index (κ1) is 12.9. The molecular formula is C13H18BrNO2. The van der Waals surface area contributed by atoms with Gasteiger partial charge in [0.25, 0.3) is 0 Å². The Hall–Kier alpha value is -0.580. The number of nitrogens with two attached hydrogens (primary N) is 1. The Kier molecular flexibility index (Phi) is 4.42. The van der Waals surface area contributed by atoms with E-state index in [9.17, 15) is 0 Å². The van der Waals surface area contributed by atoms with Gasteiger partial charge in [0.05, 0.1) is 6.61 Å². The summed E-state index contributed by atoms with van der Waals surface area (Å²) >= 11 is 3.43. The van der Waals surface area contributed by atoms with Crippen molar-refractivity contribution < 1.29 is 9.47 Å². The molecule has 1 fully saturated rings. The summed E-state index contributed by atoms with van der Waals surface area (Å²) in [5.41, 5.74) is 6.90. The molecule has 0 heterocycles. The van der Waals surface area contributed by atoms with Crippen molar-refractivity contribution in [1.29, 1.82) is 0 Å². The van der Waals surface area contributed by atoms with Crippen molar-refractivity contribution in [1.82, 2.24) is 0 Å². The molecule has 0 spiro atoms. The summed E-state index contributed by atoms with van der Waals surface area (Å²) < 4.78 is 12.1. The molecule has 1 aliphatic rings. The number of halogens is 1. The second-order valence-electron chi connectivity index (χ2n) is 4.55. The SMILES string of the molecule is C[C@@H](N)c1cc(Br)ccc1OCOCC1CC1. The molecule has 1 aliphatic carbocycles. The van der Waals surface area contributed by atoms with E-state index in [0.29, 0.717) is 6.79 Å². The van der Waals surface area contributed by atoms with Crippen LogP contribution in [0.1, 0.15) is 31.4 Å². The molecule has 0 saturated heterocycles. The molecular weight excluding hydrogens is 282 g/mol. The van der Waals surface area contributed by atoms with Crippen molar-refractivity contribution in [3.63, 3.8) is 0 Å². The molecule has 0 unspecified atom stereocenters. The number of hydrogen-bond acceptors (Lipinski definition) is 3. The Morgan fingerprint density at radius 2 is 2.24 bits per heavy atom. The molecule has 1 atom stereocenters. The van der Waals surface area contributed by atoms with Crippen LogP contribution in [0, 0.1) is 5.92 Å². The van der Waals surface area contributed by atoms with Gasteiger partial charge in [-0.25, -0.2) is 0 Å². The summed E-state index contributed by atoms with van der Waals surface area (Å²) in [6.45, 7) is 3.06. The van der Waals surface area contributed by atoms with E-state index in [-0.39, 0.29) is 6.04 Å². The fraction of sp³-hybridized carbons (Fsp3) is 0.538. The lowest BCUT2D eigenvalue weighted by Gasteiger charge is -2.14. The zero-order chi connectivity index (χ0) is 12.3. The molecule has 1 aromatic carbocycles. The molecule has 1 saturated carbocycles. The smallest absolute Gasteiger partial charge is 0.189 e. The standard InChI is InChI=1S/C13H18BrNO2/c1-9(15)12-6-11(14)4-5-13(12)17-8-16-7-10-2-3-10/h4-6,9-10H,2-3,7-8,15H2,1H3/t9-/m1/s1. The Bertz CT molecular complexity index is 378. The van der Waals surface area contributed by atoms with Crippen LogP contribution < -0.4 is 10.5 Å². The van der Waals surface area contributed by atoms with Gasteiger partial charge >= 0.3 is 0 Å². The zero-order valence-corrected chi connectivity index (χ0v) is 11.6. The molecule has 3 nitrogen and oxygen atoms in total. The Labute approximate surface area is 110 Å². The monoisotopic (exact) mass is 299 g/mol. The molecule has 0 aromatic heterocycles. The van der Waals surface area contributed by atoms with Crippen molar-refractivity contribution >= 4 is 15.9 Å². The van der Waals surface area contributed by atoms with Crippen LogP contribution in [0.5, 0.6) is 5.75 Å².